The zero-order chi connectivity index (χ0) is 46.8. The first-order valence-corrected chi connectivity index (χ1v) is 20.3. The predicted molar refractivity (Wildman–Crippen MR) is 224 cm³/mol. The Hall–Kier alpha value is -4.80. The minimum atomic E-state index is -2.36. The Bertz CT molecular complexity index is 1640. The highest BCUT2D eigenvalue weighted by Crippen LogP contribution is 2.35. The van der Waals surface area contributed by atoms with Gasteiger partial charge in [-0.2, -0.15) is 0 Å². The lowest BCUT2D eigenvalue weighted by molar-refractivity contribution is -0.172. The third kappa shape index (κ3) is 17.2. The molecule has 62 heavy (non-hydrogen) atoms. The first kappa shape index (κ1) is 53.3. The van der Waals surface area contributed by atoms with E-state index < -0.39 is 48.6 Å². The third-order valence-electron chi connectivity index (χ3n) is 9.78. The molecular formula is C42H66N4O16. The number of aliphatic hydroxyl groups is 6. The monoisotopic (exact) mass is 882 g/mol. The highest BCUT2D eigenvalue weighted by molar-refractivity contribution is 5.75. The molecule has 0 aliphatic carbocycles. The number of amides is 2. The fourth-order valence-electron chi connectivity index (χ4n) is 6.11. The van der Waals surface area contributed by atoms with E-state index in [1.165, 1.54) is 0 Å². The summed E-state index contributed by atoms with van der Waals surface area (Å²) in [5.41, 5.74) is 4.50. The van der Waals surface area contributed by atoms with Gasteiger partial charge in [-0.25, -0.2) is 9.59 Å². The van der Waals surface area contributed by atoms with Crippen molar-refractivity contribution in [1.82, 2.24) is 20.4 Å². The number of carboxylic acids is 2. The average Bonchev–Trinajstić information content (AvgIpc) is 3.23. The SMILES string of the molecule is COc1cc2c(cc1OCC(O)CNC(C)C)CCN(C(C)=O)C2.COc1cc2c(cc1OCC(O)CNC(C)C)CCN(C(C)=O)C2.O=C(O)[C@@H](O)[C@H](O)[C@H](O)[C@@H](O)C(=O)O. The number of ether oxygens (including phenoxy) is 4. The second-order valence-corrected chi connectivity index (χ2v) is 15.5. The van der Waals surface area contributed by atoms with Gasteiger partial charge in [-0.1, -0.05) is 27.7 Å². The number of aliphatic carboxylic acids is 2. The average molecular weight is 883 g/mol. The van der Waals surface area contributed by atoms with Crippen molar-refractivity contribution in [3.05, 3.63) is 46.5 Å². The molecule has 0 bridgehead atoms. The van der Waals surface area contributed by atoms with Crippen LogP contribution in [0.4, 0.5) is 0 Å². The molecule has 10 N–H and O–H groups in total. The van der Waals surface area contributed by atoms with Crippen molar-refractivity contribution in [1.29, 1.82) is 0 Å². The van der Waals surface area contributed by atoms with Crippen molar-refractivity contribution in [3.8, 4) is 23.0 Å². The predicted octanol–water partition coefficient (Wildman–Crippen LogP) is -0.726. The number of carbonyl (C=O) groups excluding carboxylic acids is 2. The summed E-state index contributed by atoms with van der Waals surface area (Å²) in [5.74, 6) is -0.983. The lowest BCUT2D eigenvalue weighted by Crippen LogP contribution is -2.49. The minimum Gasteiger partial charge on any atom is -0.493 e. The maximum atomic E-state index is 11.6. The van der Waals surface area contributed by atoms with Gasteiger partial charge in [0.15, 0.2) is 35.2 Å². The second-order valence-electron chi connectivity index (χ2n) is 15.5. The number of nitrogens with one attached hydrogen (secondary N) is 2. The lowest BCUT2D eigenvalue weighted by Gasteiger charge is -2.29. The summed E-state index contributed by atoms with van der Waals surface area (Å²) in [6.45, 7) is 15.3. The maximum Gasteiger partial charge on any atom is 0.335 e. The molecule has 2 heterocycles. The topological polar surface area (TPSA) is 298 Å². The zero-order valence-electron chi connectivity index (χ0n) is 36.7. The van der Waals surface area contributed by atoms with Crippen LogP contribution in [0.3, 0.4) is 0 Å². The number of nitrogens with zero attached hydrogens (tertiary/aromatic N) is 2. The number of carboxylic acid groups (broad SMARTS) is 2. The molecule has 0 aromatic heterocycles. The van der Waals surface area contributed by atoms with Crippen LogP contribution in [0.1, 0.15) is 63.8 Å². The number of benzene rings is 2. The molecule has 2 aliphatic rings. The summed E-state index contributed by atoms with van der Waals surface area (Å²) >= 11 is 0. The van der Waals surface area contributed by atoms with E-state index >= 15 is 0 Å². The first-order chi connectivity index (χ1) is 29.1. The molecule has 2 aliphatic heterocycles. The van der Waals surface area contributed by atoms with Crippen LogP contribution in [-0.2, 0) is 45.1 Å². The normalized spacial score (nSPS) is 16.1. The van der Waals surface area contributed by atoms with Crippen LogP contribution in [-0.4, -0.2) is 177 Å². The summed E-state index contributed by atoms with van der Waals surface area (Å²) in [7, 11) is 3.19. The van der Waals surface area contributed by atoms with E-state index in [1.54, 1.807) is 28.1 Å². The Balaban J connectivity index is 0.000000333. The quantitative estimate of drug-likeness (QED) is 0.0832. The number of hydrogen-bond acceptors (Lipinski definition) is 16. The standard InChI is InChI=1S/2C18H28N2O4.C6H10O8/c2*1-12(2)19-9-16(22)11-24-18-7-14-5-6-20(13(3)21)10-15(14)8-17(18)23-4;7-1(3(9)5(11)12)2(8)4(10)6(13)14/h2*7-8,12,16,19,22H,5-6,9-11H2,1-4H3;1-4,7-10H,(H,11,12)(H,13,14)/t;;1-,2+,3+,4-. The van der Waals surface area contributed by atoms with E-state index in [9.17, 15) is 29.4 Å². The molecule has 2 amide bonds. The maximum absolute atomic E-state index is 11.6. The molecule has 0 radical (unpaired) electrons. The fourth-order valence-corrected chi connectivity index (χ4v) is 6.11. The van der Waals surface area contributed by atoms with E-state index in [-0.39, 0.29) is 25.0 Å². The molecule has 0 saturated carbocycles. The van der Waals surface area contributed by atoms with E-state index in [2.05, 4.69) is 10.6 Å². The number of rotatable bonds is 19. The molecule has 4 rings (SSSR count). The van der Waals surface area contributed by atoms with Gasteiger partial charge in [0.1, 0.15) is 37.6 Å². The number of hydrogen-bond donors (Lipinski definition) is 10. The first-order valence-electron chi connectivity index (χ1n) is 20.3. The molecule has 2 aromatic rings. The van der Waals surface area contributed by atoms with Gasteiger partial charge in [-0.15, -0.1) is 0 Å². The van der Waals surface area contributed by atoms with E-state index in [4.69, 9.17) is 49.6 Å². The highest BCUT2D eigenvalue weighted by Gasteiger charge is 2.37. The van der Waals surface area contributed by atoms with Gasteiger partial charge in [0, 0.05) is 65.2 Å². The van der Waals surface area contributed by atoms with Crippen molar-refractivity contribution in [2.45, 2.75) is 116 Å². The molecule has 20 nitrogen and oxygen atoms in total. The molecule has 0 fully saturated rings. The molecule has 2 unspecified atom stereocenters. The lowest BCUT2D eigenvalue weighted by atomic mass is 9.99. The van der Waals surface area contributed by atoms with Gasteiger partial charge in [-0.05, 0) is 59.4 Å². The van der Waals surface area contributed by atoms with Crippen molar-refractivity contribution >= 4 is 23.8 Å². The molecule has 20 heteroatoms. The Morgan fingerprint density at radius 3 is 1.18 bits per heavy atom. The van der Waals surface area contributed by atoms with Gasteiger partial charge < -0.3 is 80.2 Å². The fraction of sp³-hybridized carbons (Fsp3) is 0.619. The van der Waals surface area contributed by atoms with Crippen molar-refractivity contribution in [2.24, 2.45) is 0 Å². The smallest absolute Gasteiger partial charge is 0.335 e. The number of methoxy groups -OCH3 is 2. The van der Waals surface area contributed by atoms with Gasteiger partial charge in [0.05, 0.1) is 14.2 Å². The Morgan fingerprint density at radius 1 is 0.581 bits per heavy atom. The van der Waals surface area contributed by atoms with Gasteiger partial charge >= 0.3 is 11.9 Å². The van der Waals surface area contributed by atoms with Gasteiger partial charge in [-0.3, -0.25) is 9.59 Å². The van der Waals surface area contributed by atoms with E-state index in [1.807, 2.05) is 61.8 Å². The molecule has 0 saturated heterocycles. The van der Waals surface area contributed by atoms with Crippen LogP contribution in [0.2, 0.25) is 0 Å². The van der Waals surface area contributed by atoms with Crippen molar-refractivity contribution < 1.29 is 79.0 Å². The minimum absolute atomic E-state index is 0.0840. The largest absolute Gasteiger partial charge is 0.493 e. The van der Waals surface area contributed by atoms with Crippen LogP contribution in [0.25, 0.3) is 0 Å². The van der Waals surface area contributed by atoms with E-state index in [0.29, 0.717) is 61.3 Å². The molecular weight excluding hydrogens is 816 g/mol. The highest BCUT2D eigenvalue weighted by atomic mass is 16.5. The molecule has 6 atom stereocenters. The summed E-state index contributed by atoms with van der Waals surface area (Å²) in [6.07, 6.45) is -8.85. The molecule has 0 spiro atoms. The summed E-state index contributed by atoms with van der Waals surface area (Å²) in [6, 6.07) is 8.43. The molecule has 350 valence electrons. The number of carbonyl (C=O) groups is 4. The Labute approximate surface area is 362 Å². The number of fused-ring (bicyclic) bond motifs is 2. The van der Waals surface area contributed by atoms with Crippen LogP contribution < -0.4 is 29.6 Å². The summed E-state index contributed by atoms with van der Waals surface area (Å²) < 4.78 is 22.4. The zero-order valence-corrected chi connectivity index (χ0v) is 36.7. The molecule has 2 aromatic carbocycles. The summed E-state index contributed by atoms with van der Waals surface area (Å²) in [5, 5.41) is 77.8. The third-order valence-corrected chi connectivity index (χ3v) is 9.78. The van der Waals surface area contributed by atoms with Crippen molar-refractivity contribution in [3.63, 3.8) is 0 Å². The number of aliphatic hydroxyl groups excluding tert-OH is 6. The van der Waals surface area contributed by atoms with Crippen LogP contribution >= 0.6 is 0 Å². The van der Waals surface area contributed by atoms with Crippen molar-refractivity contribution in [2.75, 3.05) is 53.6 Å². The second kappa shape index (κ2) is 26.0. The van der Waals surface area contributed by atoms with Crippen LogP contribution in [0.15, 0.2) is 24.3 Å². The van der Waals surface area contributed by atoms with Crippen LogP contribution in [0.5, 0.6) is 23.0 Å². The van der Waals surface area contributed by atoms with E-state index in [0.717, 1.165) is 48.2 Å². The summed E-state index contributed by atoms with van der Waals surface area (Å²) in [4.78, 5) is 46.9. The van der Waals surface area contributed by atoms with Gasteiger partial charge in [0.2, 0.25) is 11.8 Å². The Morgan fingerprint density at radius 2 is 0.903 bits per heavy atom. The van der Waals surface area contributed by atoms with Gasteiger partial charge in [0.25, 0.3) is 0 Å². The van der Waals surface area contributed by atoms with Crippen LogP contribution in [0, 0.1) is 0 Å². The Kier molecular flexibility index (Phi) is 22.3.